The quantitative estimate of drug-likeness (QED) is 0.519. The molecule has 4 heteroatoms. The molecule has 1 unspecified atom stereocenters. The maximum atomic E-state index is 12.0. The third-order valence-electron chi connectivity index (χ3n) is 3.71. The summed E-state index contributed by atoms with van der Waals surface area (Å²) >= 11 is 1.81. The fourth-order valence-corrected chi connectivity index (χ4v) is 3.68. The first-order chi connectivity index (χ1) is 10.2. The molecule has 1 heterocycles. The summed E-state index contributed by atoms with van der Waals surface area (Å²) in [5.41, 5.74) is 1.18. The minimum atomic E-state index is 0.122. The molecule has 3 nitrogen and oxygen atoms in total. The zero-order valence-electron chi connectivity index (χ0n) is 12.6. The lowest BCUT2D eigenvalue weighted by Gasteiger charge is -2.39. The van der Waals surface area contributed by atoms with Crippen LogP contribution in [0.5, 0.6) is 0 Å². The van der Waals surface area contributed by atoms with Crippen LogP contribution in [-0.4, -0.2) is 34.3 Å². The van der Waals surface area contributed by atoms with Crippen LogP contribution in [0.4, 0.5) is 0 Å². The number of ketones is 1. The van der Waals surface area contributed by atoms with Crippen molar-refractivity contribution in [3.8, 4) is 0 Å². The summed E-state index contributed by atoms with van der Waals surface area (Å²) in [4.78, 5) is 25.4. The normalized spacial score (nSPS) is 17.7. The summed E-state index contributed by atoms with van der Waals surface area (Å²) in [7, 11) is 0. The fourth-order valence-electron chi connectivity index (χ4n) is 2.33. The average molecular weight is 305 g/mol. The van der Waals surface area contributed by atoms with Crippen LogP contribution in [0.2, 0.25) is 0 Å². The van der Waals surface area contributed by atoms with Crippen molar-refractivity contribution in [1.82, 2.24) is 4.90 Å². The zero-order chi connectivity index (χ0) is 15.1. The van der Waals surface area contributed by atoms with Crippen LogP contribution in [0.3, 0.4) is 0 Å². The topological polar surface area (TPSA) is 37.4 Å². The molecule has 1 atom stereocenters. The van der Waals surface area contributed by atoms with Gasteiger partial charge in [-0.25, -0.2) is 0 Å². The number of hydrogen-bond donors (Lipinski definition) is 0. The molecule has 0 aromatic heterocycles. The number of β-lactam (4-membered cyclic amide) rings is 1. The highest BCUT2D eigenvalue weighted by atomic mass is 32.2. The van der Waals surface area contributed by atoms with Crippen molar-refractivity contribution < 1.29 is 9.59 Å². The second kappa shape index (κ2) is 8.23. The predicted molar refractivity (Wildman–Crippen MR) is 87.3 cm³/mol. The van der Waals surface area contributed by atoms with Crippen molar-refractivity contribution in [3.05, 3.63) is 35.9 Å². The Hall–Kier alpha value is -1.29. The molecule has 1 aromatic rings. The first kappa shape index (κ1) is 16.1. The van der Waals surface area contributed by atoms with Gasteiger partial charge in [-0.15, -0.1) is 11.8 Å². The van der Waals surface area contributed by atoms with E-state index in [9.17, 15) is 9.59 Å². The lowest BCUT2D eigenvalue weighted by Crippen LogP contribution is -2.52. The number of thioether (sulfide) groups is 1. The summed E-state index contributed by atoms with van der Waals surface area (Å²) in [5, 5.41) is 0.227. The first-order valence-electron chi connectivity index (χ1n) is 7.67. The molecule has 0 N–H and O–H groups in total. The SMILES string of the molecule is CCCCSC1CC(=O)N1CC(=O)CCc1ccccc1. The maximum absolute atomic E-state index is 12.0. The lowest BCUT2D eigenvalue weighted by molar-refractivity contribution is -0.144. The Balaban J connectivity index is 1.72. The molecule has 21 heavy (non-hydrogen) atoms. The number of hydrogen-bond acceptors (Lipinski definition) is 3. The molecule has 0 aliphatic carbocycles. The Morgan fingerprint density at radius 1 is 1.33 bits per heavy atom. The zero-order valence-corrected chi connectivity index (χ0v) is 13.4. The van der Waals surface area contributed by atoms with Gasteiger partial charge in [-0.1, -0.05) is 43.7 Å². The van der Waals surface area contributed by atoms with E-state index in [4.69, 9.17) is 0 Å². The summed E-state index contributed by atoms with van der Waals surface area (Å²) in [6.07, 6.45) is 4.21. The summed E-state index contributed by atoms with van der Waals surface area (Å²) in [6.45, 7) is 2.45. The van der Waals surface area contributed by atoms with Gasteiger partial charge in [-0.05, 0) is 24.2 Å². The largest absolute Gasteiger partial charge is 0.323 e. The molecule has 2 rings (SSSR count). The Morgan fingerprint density at radius 2 is 2.10 bits per heavy atom. The van der Waals surface area contributed by atoms with Crippen LogP contribution in [0.25, 0.3) is 0 Å². The highest BCUT2D eigenvalue weighted by Gasteiger charge is 2.36. The molecule has 114 valence electrons. The molecule has 1 amide bonds. The third kappa shape index (κ3) is 4.88. The van der Waals surface area contributed by atoms with Gasteiger partial charge in [0.25, 0.3) is 0 Å². The average Bonchev–Trinajstić information content (AvgIpc) is 2.51. The molecule has 0 bridgehead atoms. The predicted octanol–water partition coefficient (Wildman–Crippen LogP) is 3.28. The third-order valence-corrected chi connectivity index (χ3v) is 5.04. The van der Waals surface area contributed by atoms with Crippen LogP contribution < -0.4 is 0 Å². The Labute approximate surface area is 131 Å². The Kier molecular flexibility index (Phi) is 6.30. The number of carbonyl (C=O) groups is 2. The van der Waals surface area contributed by atoms with Gasteiger partial charge in [0.1, 0.15) is 0 Å². The van der Waals surface area contributed by atoms with Crippen molar-refractivity contribution in [2.75, 3.05) is 12.3 Å². The second-order valence-electron chi connectivity index (χ2n) is 5.43. The number of rotatable bonds is 9. The van der Waals surface area contributed by atoms with Gasteiger partial charge in [-0.3, -0.25) is 9.59 Å². The van der Waals surface area contributed by atoms with E-state index in [-0.39, 0.29) is 23.6 Å². The van der Waals surface area contributed by atoms with Crippen molar-refractivity contribution in [2.24, 2.45) is 0 Å². The number of carbonyl (C=O) groups excluding carboxylic acids is 2. The highest BCUT2D eigenvalue weighted by molar-refractivity contribution is 7.99. The van der Waals surface area contributed by atoms with Gasteiger partial charge < -0.3 is 4.90 Å². The van der Waals surface area contributed by atoms with Crippen molar-refractivity contribution in [2.45, 2.75) is 44.4 Å². The Bertz CT molecular complexity index is 475. The summed E-state index contributed by atoms with van der Waals surface area (Å²) in [5.74, 6) is 1.36. The minimum absolute atomic E-state index is 0.122. The minimum Gasteiger partial charge on any atom is -0.323 e. The number of amides is 1. The fraction of sp³-hybridized carbons (Fsp3) is 0.529. The van der Waals surface area contributed by atoms with E-state index in [1.165, 1.54) is 18.4 Å². The van der Waals surface area contributed by atoms with E-state index in [1.54, 1.807) is 4.90 Å². The van der Waals surface area contributed by atoms with E-state index in [0.717, 1.165) is 12.2 Å². The van der Waals surface area contributed by atoms with Gasteiger partial charge in [0.15, 0.2) is 5.78 Å². The molecule has 1 fully saturated rings. The van der Waals surface area contributed by atoms with Crippen molar-refractivity contribution >= 4 is 23.5 Å². The van der Waals surface area contributed by atoms with Crippen LogP contribution >= 0.6 is 11.8 Å². The number of unbranched alkanes of at least 4 members (excludes halogenated alkanes) is 1. The molecule has 1 aliphatic heterocycles. The molecule has 0 radical (unpaired) electrons. The summed E-state index contributed by atoms with van der Waals surface area (Å²) < 4.78 is 0. The molecular weight excluding hydrogens is 282 g/mol. The lowest BCUT2D eigenvalue weighted by atomic mass is 10.1. The molecule has 1 aromatic carbocycles. The molecule has 0 saturated carbocycles. The first-order valence-corrected chi connectivity index (χ1v) is 8.72. The number of nitrogens with zero attached hydrogens (tertiary/aromatic N) is 1. The number of likely N-dealkylation sites (tertiary alicyclic amines) is 1. The van der Waals surface area contributed by atoms with Crippen molar-refractivity contribution in [1.29, 1.82) is 0 Å². The second-order valence-corrected chi connectivity index (χ2v) is 6.71. The van der Waals surface area contributed by atoms with E-state index in [0.29, 0.717) is 12.8 Å². The number of benzene rings is 1. The van der Waals surface area contributed by atoms with Crippen LogP contribution in [-0.2, 0) is 16.0 Å². The van der Waals surface area contributed by atoms with Crippen LogP contribution in [0.15, 0.2) is 30.3 Å². The molecular formula is C17H23NO2S. The van der Waals surface area contributed by atoms with Gasteiger partial charge in [-0.2, -0.15) is 0 Å². The van der Waals surface area contributed by atoms with Gasteiger partial charge in [0.05, 0.1) is 18.3 Å². The van der Waals surface area contributed by atoms with E-state index in [2.05, 4.69) is 6.92 Å². The number of Topliss-reactive ketones (excluding diaryl/α,β-unsaturated/α-hetero) is 1. The van der Waals surface area contributed by atoms with Crippen molar-refractivity contribution in [3.63, 3.8) is 0 Å². The van der Waals surface area contributed by atoms with Gasteiger partial charge in [0, 0.05) is 6.42 Å². The van der Waals surface area contributed by atoms with Crippen LogP contribution in [0.1, 0.15) is 38.2 Å². The van der Waals surface area contributed by atoms with Gasteiger partial charge in [0.2, 0.25) is 5.91 Å². The maximum Gasteiger partial charge on any atom is 0.226 e. The van der Waals surface area contributed by atoms with E-state index >= 15 is 0 Å². The smallest absolute Gasteiger partial charge is 0.226 e. The van der Waals surface area contributed by atoms with Crippen LogP contribution in [0, 0.1) is 0 Å². The van der Waals surface area contributed by atoms with E-state index < -0.39 is 0 Å². The standard InChI is InChI=1S/C17H23NO2S/c1-2-3-11-21-17-12-16(20)18(17)13-15(19)10-9-14-7-5-4-6-8-14/h4-8,17H,2-3,9-13H2,1H3. The Morgan fingerprint density at radius 3 is 2.76 bits per heavy atom. The number of aryl methyl sites for hydroxylation is 1. The highest BCUT2D eigenvalue weighted by Crippen LogP contribution is 2.29. The van der Waals surface area contributed by atoms with E-state index in [1.807, 2.05) is 42.1 Å². The molecule has 1 saturated heterocycles. The summed E-state index contributed by atoms with van der Waals surface area (Å²) in [6, 6.07) is 10.0. The molecule has 0 spiro atoms. The van der Waals surface area contributed by atoms with Gasteiger partial charge >= 0.3 is 0 Å². The molecule has 1 aliphatic rings. The monoisotopic (exact) mass is 305 g/mol.